The summed E-state index contributed by atoms with van der Waals surface area (Å²) >= 11 is 0. The fourth-order valence-electron chi connectivity index (χ4n) is 2.27. The molecular formula is C18H22N2O. The van der Waals surface area contributed by atoms with Gasteiger partial charge >= 0.3 is 0 Å². The van der Waals surface area contributed by atoms with E-state index in [1.165, 1.54) is 5.56 Å². The maximum Gasteiger partial charge on any atom is 0.253 e. The van der Waals surface area contributed by atoms with Gasteiger partial charge in [-0.2, -0.15) is 0 Å². The predicted molar refractivity (Wildman–Crippen MR) is 85.3 cm³/mol. The molecule has 1 heterocycles. The van der Waals surface area contributed by atoms with Gasteiger partial charge in [-0.25, -0.2) is 0 Å². The van der Waals surface area contributed by atoms with E-state index >= 15 is 0 Å². The Kier molecular flexibility index (Phi) is 5.09. The maximum atomic E-state index is 12.2. The van der Waals surface area contributed by atoms with Gasteiger partial charge in [-0.1, -0.05) is 45.0 Å². The number of rotatable bonds is 5. The van der Waals surface area contributed by atoms with Crippen LogP contribution in [0.5, 0.6) is 0 Å². The highest BCUT2D eigenvalue weighted by Gasteiger charge is 2.14. The van der Waals surface area contributed by atoms with Crippen molar-refractivity contribution < 1.29 is 4.79 Å². The summed E-state index contributed by atoms with van der Waals surface area (Å²) in [4.78, 5) is 16.2. The lowest BCUT2D eigenvalue weighted by Crippen LogP contribution is -2.28. The molecule has 0 radical (unpaired) electrons. The Labute approximate surface area is 126 Å². The zero-order chi connectivity index (χ0) is 15.2. The van der Waals surface area contributed by atoms with Gasteiger partial charge in [0.25, 0.3) is 5.91 Å². The second-order valence-corrected chi connectivity index (χ2v) is 5.50. The third-order valence-electron chi connectivity index (χ3n) is 3.64. The standard InChI is InChI=1S/C18H22N2O/c1-4-17(15-9-7-14(8-10-15)13(2)3)20-18(21)16-6-5-11-19-12-16/h5-13,17H,4H2,1-3H3,(H,20,21)/t17-/m0/s1. The summed E-state index contributed by atoms with van der Waals surface area (Å²) in [6, 6.07) is 12.1. The third kappa shape index (κ3) is 3.91. The molecule has 110 valence electrons. The number of pyridine rings is 1. The van der Waals surface area contributed by atoms with Crippen molar-refractivity contribution in [1.82, 2.24) is 10.3 Å². The highest BCUT2D eigenvalue weighted by Crippen LogP contribution is 2.21. The molecule has 0 spiro atoms. The fraction of sp³-hybridized carbons (Fsp3) is 0.333. The van der Waals surface area contributed by atoms with Gasteiger partial charge in [0, 0.05) is 12.4 Å². The van der Waals surface area contributed by atoms with E-state index in [1.54, 1.807) is 24.5 Å². The van der Waals surface area contributed by atoms with Crippen LogP contribution in [0.15, 0.2) is 48.8 Å². The lowest BCUT2D eigenvalue weighted by molar-refractivity contribution is 0.0935. The third-order valence-corrected chi connectivity index (χ3v) is 3.64. The van der Waals surface area contributed by atoms with Crippen LogP contribution in [-0.4, -0.2) is 10.9 Å². The number of hydrogen-bond acceptors (Lipinski definition) is 2. The molecule has 2 rings (SSSR count). The highest BCUT2D eigenvalue weighted by atomic mass is 16.1. The van der Waals surface area contributed by atoms with Crippen molar-refractivity contribution in [3.05, 3.63) is 65.5 Å². The predicted octanol–water partition coefficient (Wildman–Crippen LogP) is 4.09. The van der Waals surface area contributed by atoms with Gasteiger partial charge in [-0.15, -0.1) is 0 Å². The molecule has 1 atom stereocenters. The summed E-state index contributed by atoms with van der Waals surface area (Å²) < 4.78 is 0. The largest absolute Gasteiger partial charge is 0.345 e. The van der Waals surface area contributed by atoms with Gasteiger partial charge in [0.1, 0.15) is 0 Å². The Morgan fingerprint density at radius 2 is 1.81 bits per heavy atom. The smallest absolute Gasteiger partial charge is 0.253 e. The molecule has 0 saturated carbocycles. The topological polar surface area (TPSA) is 42.0 Å². The minimum Gasteiger partial charge on any atom is -0.345 e. The van der Waals surface area contributed by atoms with E-state index in [0.717, 1.165) is 12.0 Å². The molecule has 3 nitrogen and oxygen atoms in total. The van der Waals surface area contributed by atoms with Gasteiger partial charge in [0.15, 0.2) is 0 Å². The van der Waals surface area contributed by atoms with Gasteiger partial charge in [0.2, 0.25) is 0 Å². The Hall–Kier alpha value is -2.16. The first kappa shape index (κ1) is 15.2. The molecule has 1 aromatic heterocycles. The molecule has 0 fully saturated rings. The van der Waals surface area contributed by atoms with Gasteiger partial charge in [0.05, 0.1) is 11.6 Å². The maximum absolute atomic E-state index is 12.2. The average Bonchev–Trinajstić information content (AvgIpc) is 2.53. The lowest BCUT2D eigenvalue weighted by atomic mass is 9.98. The van der Waals surface area contributed by atoms with Crippen LogP contribution in [0.2, 0.25) is 0 Å². The number of carbonyl (C=O) groups is 1. The number of nitrogens with zero attached hydrogens (tertiary/aromatic N) is 1. The molecule has 0 unspecified atom stereocenters. The Morgan fingerprint density at radius 1 is 1.14 bits per heavy atom. The van der Waals surface area contributed by atoms with E-state index in [1.807, 2.05) is 0 Å². The number of benzene rings is 1. The van der Waals surface area contributed by atoms with E-state index in [4.69, 9.17) is 0 Å². The first-order valence-electron chi connectivity index (χ1n) is 7.42. The van der Waals surface area contributed by atoms with E-state index in [-0.39, 0.29) is 11.9 Å². The Bertz CT molecular complexity index is 576. The van der Waals surface area contributed by atoms with Crippen molar-refractivity contribution in [1.29, 1.82) is 0 Å². The van der Waals surface area contributed by atoms with Crippen LogP contribution in [0.4, 0.5) is 0 Å². The fourth-order valence-corrected chi connectivity index (χ4v) is 2.27. The molecule has 2 aromatic rings. The van der Waals surface area contributed by atoms with Gasteiger partial charge < -0.3 is 5.32 Å². The second-order valence-electron chi connectivity index (χ2n) is 5.50. The summed E-state index contributed by atoms with van der Waals surface area (Å²) in [7, 11) is 0. The molecule has 3 heteroatoms. The summed E-state index contributed by atoms with van der Waals surface area (Å²) in [5.74, 6) is 0.437. The molecule has 1 amide bonds. The van der Waals surface area contributed by atoms with Crippen molar-refractivity contribution in [3.8, 4) is 0 Å². The quantitative estimate of drug-likeness (QED) is 0.897. The number of amides is 1. The van der Waals surface area contributed by atoms with Crippen LogP contribution in [0.25, 0.3) is 0 Å². The monoisotopic (exact) mass is 282 g/mol. The van der Waals surface area contributed by atoms with Gasteiger partial charge in [-0.05, 0) is 35.6 Å². The SMILES string of the molecule is CC[C@H](NC(=O)c1cccnc1)c1ccc(C(C)C)cc1. The van der Waals surface area contributed by atoms with Crippen molar-refractivity contribution in [2.75, 3.05) is 0 Å². The van der Waals surface area contributed by atoms with Crippen LogP contribution in [0, 0.1) is 0 Å². The van der Waals surface area contributed by atoms with Crippen molar-refractivity contribution in [3.63, 3.8) is 0 Å². The minimum atomic E-state index is -0.0807. The molecule has 0 bridgehead atoms. The number of nitrogens with one attached hydrogen (secondary N) is 1. The Balaban J connectivity index is 2.11. The summed E-state index contributed by atoms with van der Waals surface area (Å²) in [6.45, 7) is 6.43. The first-order chi connectivity index (χ1) is 10.1. The van der Waals surface area contributed by atoms with Gasteiger partial charge in [-0.3, -0.25) is 9.78 Å². The van der Waals surface area contributed by atoms with E-state index in [0.29, 0.717) is 11.5 Å². The molecule has 0 aliphatic rings. The molecule has 0 aliphatic heterocycles. The van der Waals surface area contributed by atoms with Crippen molar-refractivity contribution in [2.45, 2.75) is 39.2 Å². The van der Waals surface area contributed by atoms with Crippen LogP contribution in [-0.2, 0) is 0 Å². The van der Waals surface area contributed by atoms with Crippen molar-refractivity contribution in [2.24, 2.45) is 0 Å². The molecule has 1 N–H and O–H groups in total. The highest BCUT2D eigenvalue weighted by molar-refractivity contribution is 5.94. The summed E-state index contributed by atoms with van der Waals surface area (Å²) in [5.41, 5.74) is 3.04. The van der Waals surface area contributed by atoms with E-state index in [2.05, 4.69) is 55.3 Å². The normalized spacial score (nSPS) is 12.2. The zero-order valence-electron chi connectivity index (χ0n) is 12.8. The molecule has 21 heavy (non-hydrogen) atoms. The Morgan fingerprint density at radius 3 is 2.33 bits per heavy atom. The molecular weight excluding hydrogens is 260 g/mol. The second kappa shape index (κ2) is 7.02. The van der Waals surface area contributed by atoms with Crippen LogP contribution >= 0.6 is 0 Å². The summed E-state index contributed by atoms with van der Waals surface area (Å²) in [6.07, 6.45) is 4.11. The molecule has 0 saturated heterocycles. The first-order valence-corrected chi connectivity index (χ1v) is 7.42. The van der Waals surface area contributed by atoms with Crippen LogP contribution in [0.1, 0.15) is 60.6 Å². The van der Waals surface area contributed by atoms with Crippen LogP contribution < -0.4 is 5.32 Å². The average molecular weight is 282 g/mol. The molecule has 0 aliphatic carbocycles. The lowest BCUT2D eigenvalue weighted by Gasteiger charge is -2.18. The van der Waals surface area contributed by atoms with E-state index < -0.39 is 0 Å². The minimum absolute atomic E-state index is 0.0268. The number of aromatic nitrogens is 1. The summed E-state index contributed by atoms with van der Waals surface area (Å²) in [5, 5.41) is 3.07. The number of carbonyl (C=O) groups excluding carboxylic acids is 1. The van der Waals surface area contributed by atoms with Crippen molar-refractivity contribution >= 4 is 5.91 Å². The number of hydrogen-bond donors (Lipinski definition) is 1. The molecule has 1 aromatic carbocycles. The zero-order valence-corrected chi connectivity index (χ0v) is 12.8. The van der Waals surface area contributed by atoms with Crippen LogP contribution in [0.3, 0.4) is 0 Å². The van der Waals surface area contributed by atoms with E-state index in [9.17, 15) is 4.79 Å².